The zero-order chi connectivity index (χ0) is 21.2. The average Bonchev–Trinajstić information content (AvgIpc) is 3.15. The minimum absolute atomic E-state index is 0.0444. The van der Waals surface area contributed by atoms with E-state index < -0.39 is 0 Å². The largest absolute Gasteiger partial charge is 0.387 e. The van der Waals surface area contributed by atoms with E-state index in [0.717, 1.165) is 76.0 Å². The lowest BCUT2D eigenvalue weighted by atomic mass is 9.93. The highest BCUT2D eigenvalue weighted by atomic mass is 16.2. The number of imidazole rings is 1. The predicted octanol–water partition coefficient (Wildman–Crippen LogP) is 2.25. The summed E-state index contributed by atoms with van der Waals surface area (Å²) < 4.78 is 1.89. The van der Waals surface area contributed by atoms with Crippen molar-refractivity contribution in [2.24, 2.45) is 5.92 Å². The summed E-state index contributed by atoms with van der Waals surface area (Å²) in [6.45, 7) is 5.32. The zero-order valence-corrected chi connectivity index (χ0v) is 17.9. The number of amides is 1. The highest BCUT2D eigenvalue weighted by molar-refractivity contribution is 5.79. The number of hydrogen-bond donors (Lipinski definition) is 2. The van der Waals surface area contributed by atoms with Gasteiger partial charge in [-0.1, -0.05) is 18.2 Å². The van der Waals surface area contributed by atoms with Crippen LogP contribution in [-0.2, 0) is 4.79 Å². The molecule has 2 fully saturated rings. The van der Waals surface area contributed by atoms with Gasteiger partial charge >= 0.3 is 5.69 Å². The van der Waals surface area contributed by atoms with Gasteiger partial charge in [-0.25, -0.2) is 4.79 Å². The zero-order valence-electron chi connectivity index (χ0n) is 17.9. The second-order valence-corrected chi connectivity index (χ2v) is 8.94. The molecule has 1 aromatic heterocycles. The minimum Gasteiger partial charge on any atom is -0.387 e. The van der Waals surface area contributed by atoms with Crippen molar-refractivity contribution in [3.8, 4) is 0 Å². The maximum Gasteiger partial charge on any atom is 0.326 e. The van der Waals surface area contributed by atoms with E-state index in [1.54, 1.807) is 0 Å². The van der Waals surface area contributed by atoms with Crippen LogP contribution in [0.4, 0.5) is 0 Å². The summed E-state index contributed by atoms with van der Waals surface area (Å²) >= 11 is 0. The van der Waals surface area contributed by atoms with E-state index in [1.807, 2.05) is 39.9 Å². The average molecular weight is 422 g/mol. The summed E-state index contributed by atoms with van der Waals surface area (Å²) in [5, 5.41) is 3.19. The van der Waals surface area contributed by atoms with Crippen LogP contribution in [0.15, 0.2) is 53.0 Å². The van der Waals surface area contributed by atoms with E-state index in [9.17, 15) is 9.59 Å². The summed E-state index contributed by atoms with van der Waals surface area (Å²) in [5.74, 6) is 0.450. The lowest BCUT2D eigenvalue weighted by Gasteiger charge is -2.37. The molecular formula is C24H31N5O2. The molecule has 3 aliphatic heterocycles. The molecule has 0 spiro atoms. The lowest BCUT2D eigenvalue weighted by Crippen LogP contribution is -2.46. The Morgan fingerprint density at radius 1 is 1.03 bits per heavy atom. The third kappa shape index (κ3) is 4.19. The van der Waals surface area contributed by atoms with E-state index in [0.29, 0.717) is 5.91 Å². The van der Waals surface area contributed by atoms with Crippen LogP contribution in [0.2, 0.25) is 0 Å². The number of likely N-dealkylation sites (tertiary alicyclic amines) is 2. The molecule has 2 N–H and O–H groups in total. The van der Waals surface area contributed by atoms with Gasteiger partial charge < -0.3 is 15.2 Å². The topological polar surface area (TPSA) is 73.4 Å². The Morgan fingerprint density at radius 2 is 1.81 bits per heavy atom. The first-order chi connectivity index (χ1) is 15.2. The number of carbonyl (C=O) groups excluding carboxylic acids is 1. The number of nitrogens with zero attached hydrogens (tertiary/aromatic N) is 3. The molecule has 0 atom stereocenters. The van der Waals surface area contributed by atoms with Crippen LogP contribution in [0.25, 0.3) is 11.0 Å². The number of fused-ring (bicyclic) bond motifs is 1. The van der Waals surface area contributed by atoms with Gasteiger partial charge in [0.25, 0.3) is 0 Å². The Hall–Kier alpha value is -2.80. The summed E-state index contributed by atoms with van der Waals surface area (Å²) in [5.41, 5.74) is 3.16. The van der Waals surface area contributed by atoms with Crippen molar-refractivity contribution >= 4 is 16.9 Å². The second-order valence-electron chi connectivity index (χ2n) is 8.94. The van der Waals surface area contributed by atoms with Crippen molar-refractivity contribution in [1.29, 1.82) is 0 Å². The Balaban J connectivity index is 1.15. The van der Waals surface area contributed by atoms with E-state index >= 15 is 0 Å². The third-order valence-corrected chi connectivity index (χ3v) is 7.01. The molecule has 2 aromatic rings. The first kappa shape index (κ1) is 20.1. The van der Waals surface area contributed by atoms with Crippen LogP contribution >= 0.6 is 0 Å². The molecule has 0 saturated carbocycles. The first-order valence-corrected chi connectivity index (χ1v) is 11.5. The molecule has 31 heavy (non-hydrogen) atoms. The molecule has 1 aromatic carbocycles. The Labute approximate surface area is 182 Å². The number of carbonyl (C=O) groups is 1. The number of aromatic amines is 1. The second kappa shape index (κ2) is 8.75. The smallest absolute Gasteiger partial charge is 0.326 e. The van der Waals surface area contributed by atoms with Gasteiger partial charge in [0, 0.05) is 38.1 Å². The van der Waals surface area contributed by atoms with Gasteiger partial charge in [-0.15, -0.1) is 0 Å². The quantitative estimate of drug-likeness (QED) is 0.794. The van der Waals surface area contributed by atoms with Gasteiger partial charge in [0.05, 0.1) is 11.0 Å². The lowest BCUT2D eigenvalue weighted by molar-refractivity contribution is -0.138. The van der Waals surface area contributed by atoms with Crippen molar-refractivity contribution in [3.05, 3.63) is 58.7 Å². The minimum atomic E-state index is -0.0444. The number of piperidine rings is 2. The number of hydrogen-bond acceptors (Lipinski definition) is 4. The van der Waals surface area contributed by atoms with Gasteiger partial charge in [-0.3, -0.25) is 14.3 Å². The summed E-state index contributed by atoms with van der Waals surface area (Å²) in [4.78, 5) is 33.1. The van der Waals surface area contributed by atoms with Gasteiger partial charge in [0.15, 0.2) is 0 Å². The van der Waals surface area contributed by atoms with Crippen LogP contribution in [0.1, 0.15) is 31.7 Å². The maximum atomic E-state index is 13.1. The summed E-state index contributed by atoms with van der Waals surface area (Å²) in [6, 6.07) is 8.00. The summed E-state index contributed by atoms with van der Waals surface area (Å²) in [6.07, 6.45) is 9.94. The Morgan fingerprint density at radius 3 is 2.55 bits per heavy atom. The van der Waals surface area contributed by atoms with Gasteiger partial charge in [0.1, 0.15) is 0 Å². The monoisotopic (exact) mass is 421 g/mol. The number of dihydropyridines is 1. The number of benzene rings is 1. The van der Waals surface area contributed by atoms with Crippen molar-refractivity contribution < 1.29 is 4.79 Å². The van der Waals surface area contributed by atoms with E-state index in [-0.39, 0.29) is 17.6 Å². The molecule has 1 amide bonds. The highest BCUT2D eigenvalue weighted by Crippen LogP contribution is 2.27. The number of H-pyrrole nitrogens is 1. The molecule has 0 radical (unpaired) electrons. The molecule has 7 heteroatoms. The van der Waals surface area contributed by atoms with Crippen molar-refractivity contribution in [2.45, 2.75) is 31.7 Å². The molecule has 4 heterocycles. The van der Waals surface area contributed by atoms with Crippen LogP contribution < -0.4 is 11.0 Å². The fourth-order valence-corrected chi connectivity index (χ4v) is 5.24. The van der Waals surface area contributed by atoms with Crippen LogP contribution in [0.5, 0.6) is 0 Å². The number of nitrogens with one attached hydrogen (secondary N) is 2. The van der Waals surface area contributed by atoms with Gasteiger partial charge in [-0.05, 0) is 68.8 Å². The number of aromatic nitrogens is 2. The van der Waals surface area contributed by atoms with Crippen molar-refractivity contribution in [1.82, 2.24) is 24.7 Å². The highest BCUT2D eigenvalue weighted by Gasteiger charge is 2.32. The Bertz CT molecular complexity index is 1050. The molecule has 5 rings (SSSR count). The van der Waals surface area contributed by atoms with Crippen molar-refractivity contribution in [3.63, 3.8) is 0 Å². The Kier molecular flexibility index (Phi) is 5.68. The molecule has 164 valence electrons. The molecule has 0 unspecified atom stereocenters. The molecular weight excluding hydrogens is 390 g/mol. The van der Waals surface area contributed by atoms with Crippen LogP contribution in [0, 0.1) is 5.92 Å². The number of para-hydroxylation sites is 2. The molecule has 2 saturated heterocycles. The number of rotatable bonds is 4. The molecule has 3 aliphatic rings. The van der Waals surface area contributed by atoms with Gasteiger partial charge in [0.2, 0.25) is 5.91 Å². The predicted molar refractivity (Wildman–Crippen MR) is 122 cm³/mol. The first-order valence-electron chi connectivity index (χ1n) is 11.5. The van der Waals surface area contributed by atoms with Gasteiger partial charge in [-0.2, -0.15) is 0 Å². The van der Waals surface area contributed by atoms with Crippen LogP contribution in [-0.4, -0.2) is 64.5 Å². The fraction of sp³-hybridized carbons (Fsp3) is 0.500. The van der Waals surface area contributed by atoms with Crippen LogP contribution in [0.3, 0.4) is 0 Å². The maximum absolute atomic E-state index is 13.1. The molecule has 7 nitrogen and oxygen atoms in total. The van der Waals surface area contributed by atoms with E-state index in [2.05, 4.69) is 27.4 Å². The van der Waals surface area contributed by atoms with E-state index in [4.69, 9.17) is 0 Å². The normalized spacial score (nSPS) is 21.3. The SMILES string of the molecule is O=C(C1CCN(CC2=CCNC=C2)CC1)N1CCC(n2c(=O)[nH]c3ccccc32)CC1. The van der Waals surface area contributed by atoms with Crippen molar-refractivity contribution in [2.75, 3.05) is 39.3 Å². The molecule has 0 bridgehead atoms. The fourth-order valence-electron chi connectivity index (χ4n) is 5.24. The summed E-state index contributed by atoms with van der Waals surface area (Å²) in [7, 11) is 0. The third-order valence-electron chi connectivity index (χ3n) is 7.01. The molecule has 0 aliphatic carbocycles. The van der Waals surface area contributed by atoms with E-state index in [1.165, 1.54) is 5.57 Å². The standard InChI is InChI=1S/C24H31N5O2/c30-23(19-7-13-27(14-8-19)17-18-5-11-25-12-6-18)28-15-9-20(10-16-28)29-22-4-2-1-3-21(22)26-24(29)31/h1-6,11,19-20,25H,7-10,12-17H2,(H,26,31).